The third kappa shape index (κ3) is 2.77. The summed E-state index contributed by atoms with van der Waals surface area (Å²) in [5.41, 5.74) is 0.605. The number of nitriles is 1. The van der Waals surface area contributed by atoms with Crippen molar-refractivity contribution in [2.45, 2.75) is 38.8 Å². The maximum Gasteiger partial charge on any atom is 0.105 e. The molecule has 0 radical (unpaired) electrons. The zero-order chi connectivity index (χ0) is 13.9. The van der Waals surface area contributed by atoms with Crippen molar-refractivity contribution < 1.29 is 0 Å². The van der Waals surface area contributed by atoms with Crippen molar-refractivity contribution in [1.29, 1.82) is 5.26 Å². The SMILES string of the molecule is CCNC(C)(C#N)CC(C)n1ncc2ccccc21. The first kappa shape index (κ1) is 13.6. The zero-order valence-corrected chi connectivity index (χ0v) is 11.7. The molecule has 1 aromatic carbocycles. The zero-order valence-electron chi connectivity index (χ0n) is 11.7. The van der Waals surface area contributed by atoms with Crippen molar-refractivity contribution in [3.63, 3.8) is 0 Å². The van der Waals surface area contributed by atoms with Crippen molar-refractivity contribution in [3.05, 3.63) is 30.5 Å². The third-order valence-corrected chi connectivity index (χ3v) is 3.44. The molecule has 2 aromatic rings. The molecule has 2 unspecified atom stereocenters. The number of fused-ring (bicyclic) bond motifs is 1. The fraction of sp³-hybridized carbons (Fsp3) is 0.467. The van der Waals surface area contributed by atoms with Crippen LogP contribution in [0, 0.1) is 11.3 Å². The van der Waals surface area contributed by atoms with Gasteiger partial charge in [-0.3, -0.25) is 10.00 Å². The summed E-state index contributed by atoms with van der Waals surface area (Å²) in [5.74, 6) is 0. The van der Waals surface area contributed by atoms with E-state index in [4.69, 9.17) is 0 Å². The molecule has 0 bridgehead atoms. The number of nitrogens with one attached hydrogen (secondary N) is 1. The Morgan fingerprint density at radius 1 is 1.47 bits per heavy atom. The number of benzene rings is 1. The van der Waals surface area contributed by atoms with E-state index in [0.29, 0.717) is 0 Å². The Morgan fingerprint density at radius 2 is 2.21 bits per heavy atom. The van der Waals surface area contributed by atoms with Crippen molar-refractivity contribution in [2.75, 3.05) is 6.54 Å². The molecule has 1 heterocycles. The summed E-state index contributed by atoms with van der Waals surface area (Å²) in [7, 11) is 0. The molecule has 0 fully saturated rings. The predicted octanol–water partition coefficient (Wildman–Crippen LogP) is 2.88. The van der Waals surface area contributed by atoms with E-state index >= 15 is 0 Å². The summed E-state index contributed by atoms with van der Waals surface area (Å²) in [6, 6.07) is 10.7. The van der Waals surface area contributed by atoms with Crippen molar-refractivity contribution >= 4 is 10.9 Å². The van der Waals surface area contributed by atoms with Gasteiger partial charge in [0.15, 0.2) is 0 Å². The van der Waals surface area contributed by atoms with Gasteiger partial charge in [-0.15, -0.1) is 0 Å². The normalized spacial score (nSPS) is 15.9. The second-order valence-electron chi connectivity index (χ2n) is 5.18. The molecule has 0 spiro atoms. The van der Waals surface area contributed by atoms with Crippen LogP contribution in [0.2, 0.25) is 0 Å². The molecule has 19 heavy (non-hydrogen) atoms. The molecule has 2 rings (SSSR count). The summed E-state index contributed by atoms with van der Waals surface area (Å²) < 4.78 is 2.00. The summed E-state index contributed by atoms with van der Waals surface area (Å²) in [4.78, 5) is 0. The van der Waals surface area contributed by atoms with Crippen LogP contribution in [-0.4, -0.2) is 21.9 Å². The minimum Gasteiger partial charge on any atom is -0.300 e. The van der Waals surface area contributed by atoms with Crippen LogP contribution in [0.15, 0.2) is 30.5 Å². The fourth-order valence-electron chi connectivity index (χ4n) is 2.57. The van der Waals surface area contributed by atoms with Gasteiger partial charge in [0.05, 0.1) is 23.8 Å². The first-order valence-electron chi connectivity index (χ1n) is 6.68. The lowest BCUT2D eigenvalue weighted by molar-refractivity contribution is 0.343. The molecule has 0 saturated heterocycles. The molecular weight excluding hydrogens is 236 g/mol. The molecule has 4 nitrogen and oxygen atoms in total. The molecule has 100 valence electrons. The fourth-order valence-corrected chi connectivity index (χ4v) is 2.57. The monoisotopic (exact) mass is 256 g/mol. The van der Waals surface area contributed by atoms with Gasteiger partial charge >= 0.3 is 0 Å². The van der Waals surface area contributed by atoms with Gasteiger partial charge in [-0.1, -0.05) is 25.1 Å². The second kappa shape index (κ2) is 5.41. The number of rotatable bonds is 5. The van der Waals surface area contributed by atoms with E-state index in [1.165, 1.54) is 0 Å². The van der Waals surface area contributed by atoms with Crippen LogP contribution >= 0.6 is 0 Å². The third-order valence-electron chi connectivity index (χ3n) is 3.44. The lowest BCUT2D eigenvalue weighted by Crippen LogP contribution is -2.42. The van der Waals surface area contributed by atoms with Gasteiger partial charge in [-0.05, 0) is 26.5 Å². The van der Waals surface area contributed by atoms with E-state index in [1.54, 1.807) is 0 Å². The minimum atomic E-state index is -0.513. The van der Waals surface area contributed by atoms with Gasteiger partial charge in [0.2, 0.25) is 0 Å². The number of aromatic nitrogens is 2. The average Bonchev–Trinajstić information content (AvgIpc) is 2.83. The molecule has 0 aliphatic heterocycles. The van der Waals surface area contributed by atoms with E-state index in [1.807, 2.05) is 36.9 Å². The maximum absolute atomic E-state index is 9.33. The van der Waals surface area contributed by atoms with Crippen LogP contribution in [0.1, 0.15) is 33.2 Å². The van der Waals surface area contributed by atoms with Crippen LogP contribution in [-0.2, 0) is 0 Å². The summed E-state index contributed by atoms with van der Waals surface area (Å²) >= 11 is 0. The summed E-state index contributed by atoms with van der Waals surface area (Å²) in [6.07, 6.45) is 2.60. The van der Waals surface area contributed by atoms with E-state index < -0.39 is 5.54 Å². The topological polar surface area (TPSA) is 53.6 Å². The first-order valence-corrected chi connectivity index (χ1v) is 6.68. The molecule has 1 N–H and O–H groups in total. The Labute approximate surface area is 114 Å². The van der Waals surface area contributed by atoms with Crippen molar-refractivity contribution in [1.82, 2.24) is 15.1 Å². The Hall–Kier alpha value is -1.86. The molecule has 4 heteroatoms. The van der Waals surface area contributed by atoms with Crippen LogP contribution in [0.4, 0.5) is 0 Å². The Bertz CT molecular complexity index is 595. The highest BCUT2D eigenvalue weighted by Crippen LogP contribution is 2.24. The van der Waals surface area contributed by atoms with Crippen molar-refractivity contribution in [2.24, 2.45) is 0 Å². The Morgan fingerprint density at radius 3 is 2.89 bits per heavy atom. The van der Waals surface area contributed by atoms with Crippen LogP contribution < -0.4 is 5.32 Å². The molecule has 2 atom stereocenters. The van der Waals surface area contributed by atoms with E-state index in [2.05, 4.69) is 35.5 Å². The number of hydrogen-bond donors (Lipinski definition) is 1. The molecule has 0 aliphatic carbocycles. The van der Waals surface area contributed by atoms with Crippen LogP contribution in [0.25, 0.3) is 10.9 Å². The lowest BCUT2D eigenvalue weighted by Gasteiger charge is -2.26. The first-order chi connectivity index (χ1) is 9.09. The van der Waals surface area contributed by atoms with E-state index in [0.717, 1.165) is 23.9 Å². The second-order valence-corrected chi connectivity index (χ2v) is 5.18. The number of nitrogens with zero attached hydrogens (tertiary/aromatic N) is 3. The Balaban J connectivity index is 2.25. The molecule has 0 saturated carbocycles. The molecule has 1 aromatic heterocycles. The van der Waals surface area contributed by atoms with Gasteiger partial charge in [-0.25, -0.2) is 0 Å². The molecule has 0 amide bonds. The van der Waals surface area contributed by atoms with Gasteiger partial charge in [-0.2, -0.15) is 10.4 Å². The lowest BCUT2D eigenvalue weighted by atomic mass is 9.95. The number of hydrogen-bond acceptors (Lipinski definition) is 3. The number of para-hydroxylation sites is 1. The highest BCUT2D eigenvalue weighted by Gasteiger charge is 2.26. The largest absolute Gasteiger partial charge is 0.300 e. The van der Waals surface area contributed by atoms with Gasteiger partial charge < -0.3 is 0 Å². The summed E-state index contributed by atoms with van der Waals surface area (Å²) in [5, 5.41) is 18.2. The van der Waals surface area contributed by atoms with Gasteiger partial charge in [0.25, 0.3) is 0 Å². The highest BCUT2D eigenvalue weighted by molar-refractivity contribution is 5.78. The van der Waals surface area contributed by atoms with E-state index in [-0.39, 0.29) is 6.04 Å². The summed E-state index contributed by atoms with van der Waals surface area (Å²) in [6.45, 7) is 6.85. The van der Waals surface area contributed by atoms with Crippen molar-refractivity contribution in [3.8, 4) is 6.07 Å². The predicted molar refractivity (Wildman–Crippen MR) is 76.8 cm³/mol. The standard InChI is InChI=1S/C15H20N4/c1-4-17-15(3,11-16)9-12(2)19-14-8-6-5-7-13(14)10-18-19/h5-8,10,12,17H,4,9H2,1-3H3. The average molecular weight is 256 g/mol. The smallest absolute Gasteiger partial charge is 0.105 e. The quantitative estimate of drug-likeness (QED) is 0.895. The maximum atomic E-state index is 9.33. The van der Waals surface area contributed by atoms with E-state index in [9.17, 15) is 5.26 Å². The molecular formula is C15H20N4. The Kier molecular flexibility index (Phi) is 3.87. The van der Waals surface area contributed by atoms with Crippen LogP contribution in [0.5, 0.6) is 0 Å². The van der Waals surface area contributed by atoms with Crippen LogP contribution in [0.3, 0.4) is 0 Å². The van der Waals surface area contributed by atoms with Gasteiger partial charge in [0.1, 0.15) is 5.54 Å². The van der Waals surface area contributed by atoms with Gasteiger partial charge in [0, 0.05) is 11.8 Å². The highest BCUT2D eigenvalue weighted by atomic mass is 15.3. The minimum absolute atomic E-state index is 0.170. The molecule has 0 aliphatic rings.